The highest BCUT2D eigenvalue weighted by molar-refractivity contribution is 5.63. The molecule has 1 aromatic carbocycles. The van der Waals surface area contributed by atoms with Crippen molar-refractivity contribution >= 4 is 11.4 Å². The summed E-state index contributed by atoms with van der Waals surface area (Å²) in [5, 5.41) is 23.8. The first kappa shape index (κ1) is 17.2. The van der Waals surface area contributed by atoms with Crippen LogP contribution < -0.4 is 5.32 Å². The molecule has 1 heterocycles. The molecule has 132 valence electrons. The Hall–Kier alpha value is -1.66. The van der Waals surface area contributed by atoms with E-state index in [0.717, 1.165) is 25.7 Å². The van der Waals surface area contributed by atoms with Gasteiger partial charge in [-0.15, -0.1) is 0 Å². The number of hydrogen-bond acceptors (Lipinski definition) is 5. The van der Waals surface area contributed by atoms with Crippen molar-refractivity contribution in [1.29, 1.82) is 0 Å². The van der Waals surface area contributed by atoms with Gasteiger partial charge in [0.2, 0.25) is 0 Å². The van der Waals surface area contributed by atoms with Crippen molar-refractivity contribution in [2.75, 3.05) is 18.4 Å². The van der Waals surface area contributed by atoms with E-state index in [0.29, 0.717) is 17.3 Å². The Labute approximate surface area is 143 Å². The van der Waals surface area contributed by atoms with Crippen LogP contribution in [0.5, 0.6) is 0 Å². The van der Waals surface area contributed by atoms with Crippen molar-refractivity contribution in [2.45, 2.75) is 63.6 Å². The number of rotatable bonds is 5. The number of aliphatic hydroxyl groups is 1. The first-order valence-electron chi connectivity index (χ1n) is 9.06. The molecule has 1 aliphatic heterocycles. The first-order valence-corrected chi connectivity index (χ1v) is 9.06. The molecule has 1 aromatic rings. The quantitative estimate of drug-likeness (QED) is 0.638. The Balaban J connectivity index is 1.60. The molecule has 2 N–H and O–H groups in total. The second-order valence-electron chi connectivity index (χ2n) is 7.01. The fourth-order valence-corrected chi connectivity index (χ4v) is 4.05. The van der Waals surface area contributed by atoms with Crippen molar-refractivity contribution < 1.29 is 10.0 Å². The Morgan fingerprint density at radius 3 is 2.50 bits per heavy atom. The van der Waals surface area contributed by atoms with Crippen LogP contribution in [-0.2, 0) is 6.61 Å². The van der Waals surface area contributed by atoms with Crippen LogP contribution in [0.15, 0.2) is 18.2 Å². The lowest BCUT2D eigenvalue weighted by atomic mass is 9.89. The van der Waals surface area contributed by atoms with Crippen LogP contribution in [0.2, 0.25) is 0 Å². The maximum atomic E-state index is 11.2. The van der Waals surface area contributed by atoms with Gasteiger partial charge in [-0.3, -0.25) is 10.1 Å². The molecule has 0 spiro atoms. The highest BCUT2D eigenvalue weighted by atomic mass is 16.6. The molecule has 1 aliphatic carbocycles. The second kappa shape index (κ2) is 7.94. The van der Waals surface area contributed by atoms with Gasteiger partial charge in [0.05, 0.1) is 11.5 Å². The maximum Gasteiger partial charge on any atom is 0.292 e. The molecule has 6 heteroatoms. The third kappa shape index (κ3) is 4.05. The van der Waals surface area contributed by atoms with Crippen molar-refractivity contribution in [3.05, 3.63) is 33.9 Å². The minimum Gasteiger partial charge on any atom is -0.392 e. The number of hydrogen-bond donors (Lipinski definition) is 2. The van der Waals surface area contributed by atoms with E-state index in [2.05, 4.69) is 10.2 Å². The lowest BCUT2D eigenvalue weighted by Crippen LogP contribution is -2.43. The van der Waals surface area contributed by atoms with Crippen LogP contribution in [0.1, 0.15) is 50.5 Å². The lowest BCUT2D eigenvalue weighted by molar-refractivity contribution is -0.384. The molecule has 6 nitrogen and oxygen atoms in total. The van der Waals surface area contributed by atoms with Gasteiger partial charge in [0.15, 0.2) is 0 Å². The van der Waals surface area contributed by atoms with Gasteiger partial charge in [-0.1, -0.05) is 6.42 Å². The van der Waals surface area contributed by atoms with Crippen molar-refractivity contribution in [2.24, 2.45) is 0 Å². The Morgan fingerprint density at radius 2 is 1.88 bits per heavy atom. The van der Waals surface area contributed by atoms with E-state index in [9.17, 15) is 15.2 Å². The monoisotopic (exact) mass is 333 g/mol. The van der Waals surface area contributed by atoms with Gasteiger partial charge in [0, 0.05) is 18.2 Å². The second-order valence-corrected chi connectivity index (χ2v) is 7.01. The molecule has 0 bridgehead atoms. The smallest absolute Gasteiger partial charge is 0.292 e. The summed E-state index contributed by atoms with van der Waals surface area (Å²) in [6.07, 6.45) is 8.40. The first-order chi connectivity index (χ1) is 11.7. The summed E-state index contributed by atoms with van der Waals surface area (Å²) in [7, 11) is 0. The number of piperidine rings is 1. The summed E-state index contributed by atoms with van der Waals surface area (Å²) < 4.78 is 0. The van der Waals surface area contributed by atoms with E-state index < -0.39 is 0 Å². The van der Waals surface area contributed by atoms with Crippen LogP contribution in [0, 0.1) is 10.1 Å². The van der Waals surface area contributed by atoms with E-state index in [4.69, 9.17) is 0 Å². The summed E-state index contributed by atoms with van der Waals surface area (Å²) >= 11 is 0. The average Bonchev–Trinajstić information content (AvgIpc) is 2.63. The van der Waals surface area contributed by atoms with Crippen molar-refractivity contribution in [3.8, 4) is 0 Å². The third-order valence-electron chi connectivity index (χ3n) is 5.40. The summed E-state index contributed by atoms with van der Waals surface area (Å²) in [5.41, 5.74) is 1.32. The van der Waals surface area contributed by atoms with Gasteiger partial charge < -0.3 is 15.3 Å². The molecule has 2 fully saturated rings. The predicted octanol–water partition coefficient (Wildman–Crippen LogP) is 3.30. The number of likely N-dealkylation sites (tertiary alicyclic amines) is 1. The summed E-state index contributed by atoms with van der Waals surface area (Å²) in [4.78, 5) is 13.5. The van der Waals surface area contributed by atoms with Crippen molar-refractivity contribution in [3.63, 3.8) is 0 Å². The molecular formula is C18H27N3O3. The minimum absolute atomic E-state index is 0.0883. The van der Waals surface area contributed by atoms with Gasteiger partial charge in [0.1, 0.15) is 5.69 Å². The normalized spacial score (nSPS) is 25.4. The fraction of sp³-hybridized carbons (Fsp3) is 0.667. The fourth-order valence-electron chi connectivity index (χ4n) is 4.05. The topological polar surface area (TPSA) is 78.6 Å². The standard InChI is InChI=1S/C18H27N3O3/c22-13-14-4-9-18(21(23)24)17(12-14)19-15-5-7-16(8-6-15)20-10-2-1-3-11-20/h4,9,12,15-16,19,22H,1-3,5-8,10-11,13H2. The third-order valence-corrected chi connectivity index (χ3v) is 5.40. The number of aliphatic hydroxyl groups excluding tert-OH is 1. The number of nitrogens with zero attached hydrogens (tertiary/aromatic N) is 2. The summed E-state index contributed by atoms with van der Waals surface area (Å²) in [5.74, 6) is 0. The molecule has 1 saturated heterocycles. The van der Waals surface area contributed by atoms with Gasteiger partial charge in [-0.25, -0.2) is 0 Å². The number of nitrogens with one attached hydrogen (secondary N) is 1. The minimum atomic E-state index is -0.358. The highest BCUT2D eigenvalue weighted by Gasteiger charge is 2.27. The lowest BCUT2D eigenvalue weighted by Gasteiger charge is -2.39. The van der Waals surface area contributed by atoms with Gasteiger partial charge in [-0.05, 0) is 69.3 Å². The summed E-state index contributed by atoms with van der Waals surface area (Å²) in [6.45, 7) is 2.36. The number of anilines is 1. The zero-order valence-electron chi connectivity index (χ0n) is 14.1. The van der Waals surface area contributed by atoms with Crippen LogP contribution in [-0.4, -0.2) is 40.1 Å². The molecular weight excluding hydrogens is 306 g/mol. The molecule has 24 heavy (non-hydrogen) atoms. The number of nitro benzene ring substituents is 1. The SMILES string of the molecule is O=[N+]([O-])c1ccc(CO)cc1NC1CCC(N2CCCCC2)CC1. The largest absolute Gasteiger partial charge is 0.392 e. The molecule has 3 rings (SSSR count). The van der Waals surface area contributed by atoms with Gasteiger partial charge in [-0.2, -0.15) is 0 Å². The highest BCUT2D eigenvalue weighted by Crippen LogP contribution is 2.31. The van der Waals surface area contributed by atoms with Crippen molar-refractivity contribution in [1.82, 2.24) is 4.90 Å². The molecule has 0 aromatic heterocycles. The van der Waals surface area contributed by atoms with Crippen LogP contribution in [0.3, 0.4) is 0 Å². The van der Waals surface area contributed by atoms with E-state index >= 15 is 0 Å². The average molecular weight is 333 g/mol. The Bertz CT molecular complexity index is 565. The maximum absolute atomic E-state index is 11.2. The zero-order valence-corrected chi connectivity index (χ0v) is 14.1. The molecule has 0 amide bonds. The Kier molecular flexibility index (Phi) is 5.68. The molecule has 0 radical (unpaired) electrons. The van der Waals surface area contributed by atoms with Crippen LogP contribution in [0.25, 0.3) is 0 Å². The number of nitro groups is 1. The molecule has 0 unspecified atom stereocenters. The van der Waals surface area contributed by atoms with Gasteiger partial charge >= 0.3 is 0 Å². The van der Waals surface area contributed by atoms with Gasteiger partial charge in [0.25, 0.3) is 5.69 Å². The molecule has 2 aliphatic rings. The predicted molar refractivity (Wildman–Crippen MR) is 94.1 cm³/mol. The van der Waals surface area contributed by atoms with Crippen LogP contribution >= 0.6 is 0 Å². The number of benzene rings is 1. The molecule has 1 saturated carbocycles. The van der Waals surface area contributed by atoms with Crippen LogP contribution in [0.4, 0.5) is 11.4 Å². The Morgan fingerprint density at radius 1 is 1.17 bits per heavy atom. The van der Waals surface area contributed by atoms with E-state index in [1.165, 1.54) is 38.4 Å². The summed E-state index contributed by atoms with van der Waals surface area (Å²) in [6, 6.07) is 5.75. The van der Waals surface area contributed by atoms with E-state index in [-0.39, 0.29) is 23.3 Å². The van der Waals surface area contributed by atoms with E-state index in [1.807, 2.05) is 0 Å². The molecule has 0 atom stereocenters. The zero-order chi connectivity index (χ0) is 16.9. The van der Waals surface area contributed by atoms with E-state index in [1.54, 1.807) is 12.1 Å².